The van der Waals surface area contributed by atoms with Crippen LogP contribution < -0.4 is 0 Å². The van der Waals surface area contributed by atoms with Gasteiger partial charge in [-0.3, -0.25) is 9.59 Å². The first-order valence-corrected chi connectivity index (χ1v) is 10.5. The first kappa shape index (κ1) is 22.5. The van der Waals surface area contributed by atoms with E-state index in [0.29, 0.717) is 37.6 Å². The van der Waals surface area contributed by atoms with Crippen LogP contribution in [0.25, 0.3) is 5.69 Å². The van der Waals surface area contributed by atoms with Crippen LogP contribution in [-0.4, -0.2) is 70.1 Å². The minimum Gasteiger partial charge on any atom is -0.459 e. The van der Waals surface area contributed by atoms with Crippen molar-refractivity contribution in [2.45, 2.75) is 6.92 Å². The summed E-state index contributed by atoms with van der Waals surface area (Å²) in [5.41, 5.74) is 0.816. The number of halogens is 2. The molecular weight excluding hydrogens is 455 g/mol. The van der Waals surface area contributed by atoms with Crippen molar-refractivity contribution in [1.29, 1.82) is 0 Å². The zero-order valence-corrected chi connectivity index (χ0v) is 18.4. The van der Waals surface area contributed by atoms with E-state index in [1.807, 2.05) is 0 Å². The van der Waals surface area contributed by atoms with Gasteiger partial charge >= 0.3 is 5.97 Å². The van der Waals surface area contributed by atoms with Crippen LogP contribution in [-0.2, 0) is 9.53 Å². The van der Waals surface area contributed by atoms with Crippen molar-refractivity contribution in [2.75, 3.05) is 32.8 Å². The summed E-state index contributed by atoms with van der Waals surface area (Å²) in [5, 5.41) is 4.22. The predicted octanol–water partition coefficient (Wildman–Crippen LogP) is 2.71. The second-order valence-electron chi connectivity index (χ2n) is 7.37. The highest BCUT2D eigenvalue weighted by Crippen LogP contribution is 2.24. The number of benzene rings is 1. The average molecular weight is 475 g/mol. The van der Waals surface area contributed by atoms with Gasteiger partial charge in [0.1, 0.15) is 16.5 Å². The van der Waals surface area contributed by atoms with Gasteiger partial charge in [0.15, 0.2) is 12.4 Å². The Hall–Kier alpha value is -3.66. The smallest absolute Gasteiger partial charge is 0.343 e. The Morgan fingerprint density at radius 3 is 2.39 bits per heavy atom. The highest BCUT2D eigenvalue weighted by Gasteiger charge is 2.28. The molecule has 4 rings (SSSR count). The third-order valence-electron chi connectivity index (χ3n) is 5.26. The molecule has 1 aromatic carbocycles. The molecule has 33 heavy (non-hydrogen) atoms. The molecule has 172 valence electrons. The minimum atomic E-state index is -0.786. The van der Waals surface area contributed by atoms with Crippen LogP contribution in [0.3, 0.4) is 0 Å². The largest absolute Gasteiger partial charge is 0.459 e. The van der Waals surface area contributed by atoms with E-state index < -0.39 is 18.4 Å². The number of amides is 2. The molecule has 0 bridgehead atoms. The second kappa shape index (κ2) is 9.45. The molecule has 2 amide bonds. The Morgan fingerprint density at radius 1 is 1.09 bits per heavy atom. The molecule has 1 aliphatic rings. The maximum absolute atomic E-state index is 13.2. The van der Waals surface area contributed by atoms with Gasteiger partial charge in [0.05, 0.1) is 17.6 Å². The van der Waals surface area contributed by atoms with Gasteiger partial charge in [0.25, 0.3) is 11.8 Å². The van der Waals surface area contributed by atoms with Gasteiger partial charge in [-0.2, -0.15) is 5.10 Å². The van der Waals surface area contributed by atoms with E-state index in [-0.39, 0.29) is 28.3 Å². The summed E-state index contributed by atoms with van der Waals surface area (Å²) in [6, 6.07) is 8.68. The van der Waals surface area contributed by atoms with Gasteiger partial charge in [-0.1, -0.05) is 11.6 Å². The lowest BCUT2D eigenvalue weighted by atomic mass is 10.2. The molecule has 0 N–H and O–H groups in total. The number of ether oxygens (including phenoxy) is 1. The van der Waals surface area contributed by atoms with Crippen molar-refractivity contribution < 1.29 is 27.9 Å². The van der Waals surface area contributed by atoms with E-state index in [2.05, 4.69) is 5.10 Å². The van der Waals surface area contributed by atoms with Crippen LogP contribution in [0.4, 0.5) is 4.39 Å². The van der Waals surface area contributed by atoms with Gasteiger partial charge < -0.3 is 19.0 Å². The van der Waals surface area contributed by atoms with Gasteiger partial charge in [0.2, 0.25) is 0 Å². The lowest BCUT2D eigenvalue weighted by molar-refractivity contribution is -0.136. The number of furan rings is 1. The van der Waals surface area contributed by atoms with Crippen LogP contribution in [0.15, 0.2) is 47.1 Å². The van der Waals surface area contributed by atoms with Crippen LogP contribution in [0.1, 0.15) is 26.6 Å². The predicted molar refractivity (Wildman–Crippen MR) is 115 cm³/mol. The van der Waals surface area contributed by atoms with Crippen molar-refractivity contribution in [1.82, 2.24) is 19.6 Å². The van der Waals surface area contributed by atoms with Crippen molar-refractivity contribution in [3.8, 4) is 5.69 Å². The molecule has 1 saturated heterocycles. The summed E-state index contributed by atoms with van der Waals surface area (Å²) in [6.45, 7) is 2.42. The van der Waals surface area contributed by atoms with E-state index in [9.17, 15) is 18.8 Å². The summed E-state index contributed by atoms with van der Waals surface area (Å²) >= 11 is 6.32. The fraction of sp³-hybridized carbons (Fsp3) is 0.273. The number of esters is 1. The molecule has 0 unspecified atom stereocenters. The Labute approximate surface area is 193 Å². The van der Waals surface area contributed by atoms with E-state index in [1.165, 1.54) is 40.1 Å². The molecule has 9 nitrogen and oxygen atoms in total. The summed E-state index contributed by atoms with van der Waals surface area (Å²) in [7, 11) is 0. The normalized spacial score (nSPS) is 13.8. The molecule has 0 spiro atoms. The highest BCUT2D eigenvalue weighted by atomic mass is 35.5. The van der Waals surface area contributed by atoms with E-state index >= 15 is 0 Å². The van der Waals surface area contributed by atoms with Crippen molar-refractivity contribution >= 4 is 29.4 Å². The number of aryl methyl sites for hydroxylation is 1. The monoisotopic (exact) mass is 474 g/mol. The van der Waals surface area contributed by atoms with Crippen LogP contribution >= 0.6 is 11.6 Å². The van der Waals surface area contributed by atoms with Gasteiger partial charge in [-0.05, 0) is 43.3 Å². The number of carbonyl (C=O) groups is 3. The SMILES string of the molecule is Cc1nn(-c2ccc(F)cc2)c(Cl)c1C(=O)OCC(=O)N1CCN(C(=O)c2ccco2)CC1. The maximum atomic E-state index is 13.2. The van der Waals surface area contributed by atoms with Gasteiger partial charge in [-0.25, -0.2) is 13.9 Å². The summed E-state index contributed by atoms with van der Waals surface area (Å²) in [4.78, 5) is 40.5. The third-order valence-corrected chi connectivity index (χ3v) is 5.61. The Balaban J connectivity index is 1.33. The van der Waals surface area contributed by atoms with Crippen molar-refractivity contribution in [3.05, 3.63) is 70.6 Å². The highest BCUT2D eigenvalue weighted by molar-refractivity contribution is 6.33. The standard InChI is InChI=1S/C22H20ClFN4O5/c1-14-19(20(23)28(25-14)16-6-4-15(24)5-7-16)22(31)33-13-18(29)26-8-10-27(11-9-26)21(30)17-3-2-12-32-17/h2-7,12H,8-11,13H2,1H3. The van der Waals surface area contributed by atoms with Crippen LogP contribution in [0.5, 0.6) is 0 Å². The molecule has 0 radical (unpaired) electrons. The van der Waals surface area contributed by atoms with Crippen LogP contribution in [0, 0.1) is 12.7 Å². The first-order chi connectivity index (χ1) is 15.8. The molecule has 2 aromatic heterocycles. The van der Waals surface area contributed by atoms with Crippen molar-refractivity contribution in [2.24, 2.45) is 0 Å². The van der Waals surface area contributed by atoms with E-state index in [1.54, 1.807) is 24.0 Å². The number of rotatable bonds is 5. The lowest BCUT2D eigenvalue weighted by Crippen LogP contribution is -2.51. The molecule has 1 fully saturated rings. The summed E-state index contributed by atoms with van der Waals surface area (Å²) < 4.78 is 24.8. The number of hydrogen-bond acceptors (Lipinski definition) is 6. The van der Waals surface area contributed by atoms with Crippen molar-refractivity contribution in [3.63, 3.8) is 0 Å². The number of hydrogen-bond donors (Lipinski definition) is 0. The fourth-order valence-electron chi connectivity index (χ4n) is 3.49. The third kappa shape index (κ3) is 4.75. The Bertz CT molecular complexity index is 1170. The molecule has 0 atom stereocenters. The fourth-order valence-corrected chi connectivity index (χ4v) is 3.84. The molecule has 0 saturated carbocycles. The van der Waals surface area contributed by atoms with E-state index in [0.717, 1.165) is 0 Å². The van der Waals surface area contributed by atoms with Crippen LogP contribution in [0.2, 0.25) is 5.15 Å². The average Bonchev–Trinajstić information content (AvgIpc) is 3.46. The summed E-state index contributed by atoms with van der Waals surface area (Å²) in [6.07, 6.45) is 1.43. The summed E-state index contributed by atoms with van der Waals surface area (Å²) in [5.74, 6) is -1.57. The molecule has 0 aliphatic carbocycles. The number of carbonyl (C=O) groups excluding carboxylic acids is 3. The molecule has 11 heteroatoms. The lowest BCUT2D eigenvalue weighted by Gasteiger charge is -2.34. The Kier molecular flexibility index (Phi) is 6.45. The minimum absolute atomic E-state index is 0.00149. The molecular formula is C22H20ClFN4O5. The first-order valence-electron chi connectivity index (χ1n) is 10.1. The molecule has 3 aromatic rings. The quantitative estimate of drug-likeness (QED) is 0.527. The zero-order chi connectivity index (χ0) is 23.5. The zero-order valence-electron chi connectivity index (χ0n) is 17.7. The number of aromatic nitrogens is 2. The topological polar surface area (TPSA) is 97.9 Å². The number of nitrogens with zero attached hydrogens (tertiary/aromatic N) is 4. The van der Waals surface area contributed by atoms with Gasteiger partial charge in [0, 0.05) is 26.2 Å². The van der Waals surface area contributed by atoms with E-state index in [4.69, 9.17) is 20.8 Å². The number of piperazine rings is 1. The molecule has 1 aliphatic heterocycles. The van der Waals surface area contributed by atoms with Gasteiger partial charge in [-0.15, -0.1) is 0 Å². The second-order valence-corrected chi connectivity index (χ2v) is 7.72. The molecule has 3 heterocycles. The maximum Gasteiger partial charge on any atom is 0.343 e. The Morgan fingerprint density at radius 2 is 1.76 bits per heavy atom.